The molecule has 0 radical (unpaired) electrons. The van der Waals surface area contributed by atoms with Crippen LogP contribution in [-0.4, -0.2) is 36.0 Å². The minimum atomic E-state index is 0.581. The second-order valence-corrected chi connectivity index (χ2v) is 7.49. The van der Waals surface area contributed by atoms with Gasteiger partial charge in [-0.2, -0.15) is 0 Å². The SMILES string of the molecule is CN=C(NCc1coc(-c2cccs2)n1)N1CCC2(CCC2)C1. The molecule has 23 heavy (non-hydrogen) atoms. The highest BCUT2D eigenvalue weighted by Crippen LogP contribution is 2.47. The third-order valence-corrected chi connectivity index (χ3v) is 5.93. The van der Waals surface area contributed by atoms with Crippen LogP contribution in [0.5, 0.6) is 0 Å². The maximum absolute atomic E-state index is 5.57. The smallest absolute Gasteiger partial charge is 0.236 e. The molecular weight excluding hydrogens is 308 g/mol. The molecule has 2 aliphatic rings. The van der Waals surface area contributed by atoms with E-state index in [-0.39, 0.29) is 0 Å². The minimum Gasteiger partial charge on any atom is -0.443 e. The maximum Gasteiger partial charge on any atom is 0.236 e. The standard InChI is InChI=1S/C17H22N4OS/c1-18-16(21-8-7-17(12-21)5-3-6-17)19-10-13-11-22-15(20-13)14-4-2-9-23-14/h2,4,9,11H,3,5-8,10,12H2,1H3,(H,18,19). The van der Waals surface area contributed by atoms with E-state index < -0.39 is 0 Å². The molecule has 0 bridgehead atoms. The van der Waals surface area contributed by atoms with Gasteiger partial charge >= 0.3 is 0 Å². The molecule has 6 heteroatoms. The van der Waals surface area contributed by atoms with Crippen molar-refractivity contribution < 1.29 is 4.42 Å². The number of aromatic nitrogens is 1. The summed E-state index contributed by atoms with van der Waals surface area (Å²) in [6, 6.07) is 4.03. The molecule has 0 unspecified atom stereocenters. The van der Waals surface area contributed by atoms with Gasteiger partial charge in [0.05, 0.1) is 17.1 Å². The lowest BCUT2D eigenvalue weighted by atomic mass is 9.68. The van der Waals surface area contributed by atoms with Crippen molar-refractivity contribution in [1.82, 2.24) is 15.2 Å². The number of nitrogens with zero attached hydrogens (tertiary/aromatic N) is 3. The monoisotopic (exact) mass is 330 g/mol. The third kappa shape index (κ3) is 2.87. The van der Waals surface area contributed by atoms with Gasteiger partial charge in [-0.05, 0) is 36.1 Å². The van der Waals surface area contributed by atoms with Crippen molar-refractivity contribution in [2.75, 3.05) is 20.1 Å². The van der Waals surface area contributed by atoms with E-state index >= 15 is 0 Å². The first-order chi connectivity index (χ1) is 11.3. The Kier molecular flexibility index (Phi) is 3.85. The van der Waals surface area contributed by atoms with Crippen molar-refractivity contribution in [2.24, 2.45) is 10.4 Å². The fourth-order valence-corrected chi connectivity index (χ4v) is 4.26. The maximum atomic E-state index is 5.57. The van der Waals surface area contributed by atoms with Crippen LogP contribution in [0, 0.1) is 5.41 Å². The van der Waals surface area contributed by atoms with E-state index in [2.05, 4.69) is 20.2 Å². The lowest BCUT2D eigenvalue weighted by molar-refractivity contribution is 0.151. The third-order valence-electron chi connectivity index (χ3n) is 5.08. The molecule has 1 saturated heterocycles. The molecule has 4 rings (SSSR count). The Morgan fingerprint density at radius 1 is 1.48 bits per heavy atom. The summed E-state index contributed by atoms with van der Waals surface area (Å²) in [5, 5.41) is 5.46. The van der Waals surface area contributed by atoms with Crippen LogP contribution in [0.15, 0.2) is 33.2 Å². The van der Waals surface area contributed by atoms with Gasteiger partial charge in [0.1, 0.15) is 6.26 Å². The Balaban J connectivity index is 1.36. The Hall–Kier alpha value is -1.82. The zero-order valence-corrected chi connectivity index (χ0v) is 14.2. The van der Waals surface area contributed by atoms with Gasteiger partial charge in [-0.15, -0.1) is 11.3 Å². The predicted molar refractivity (Wildman–Crippen MR) is 92.5 cm³/mol. The number of hydrogen-bond donors (Lipinski definition) is 1. The van der Waals surface area contributed by atoms with E-state index in [4.69, 9.17) is 4.42 Å². The Labute approximate surface area is 140 Å². The summed E-state index contributed by atoms with van der Waals surface area (Å²) in [5.41, 5.74) is 1.49. The van der Waals surface area contributed by atoms with Gasteiger partial charge in [-0.1, -0.05) is 12.5 Å². The molecule has 2 aromatic heterocycles. The van der Waals surface area contributed by atoms with E-state index in [0.29, 0.717) is 17.9 Å². The lowest BCUT2D eigenvalue weighted by Gasteiger charge is -2.38. The van der Waals surface area contributed by atoms with Crippen LogP contribution in [0.1, 0.15) is 31.4 Å². The molecule has 1 spiro atoms. The van der Waals surface area contributed by atoms with E-state index in [1.165, 1.54) is 25.7 Å². The summed E-state index contributed by atoms with van der Waals surface area (Å²) in [6.45, 7) is 2.90. The molecule has 1 N–H and O–H groups in total. The van der Waals surface area contributed by atoms with Crippen molar-refractivity contribution in [2.45, 2.75) is 32.2 Å². The van der Waals surface area contributed by atoms with Gasteiger partial charge in [-0.25, -0.2) is 4.98 Å². The Morgan fingerprint density at radius 2 is 2.39 bits per heavy atom. The van der Waals surface area contributed by atoms with Gasteiger partial charge in [0.2, 0.25) is 5.89 Å². The topological polar surface area (TPSA) is 53.7 Å². The Bertz CT molecular complexity index is 687. The van der Waals surface area contributed by atoms with Crippen LogP contribution in [0.4, 0.5) is 0 Å². The van der Waals surface area contributed by atoms with Crippen LogP contribution < -0.4 is 5.32 Å². The molecular formula is C17H22N4OS. The number of guanidine groups is 1. The van der Waals surface area contributed by atoms with Crippen LogP contribution in [-0.2, 0) is 6.54 Å². The van der Waals surface area contributed by atoms with Gasteiger partial charge in [-0.3, -0.25) is 4.99 Å². The minimum absolute atomic E-state index is 0.581. The lowest BCUT2D eigenvalue weighted by Crippen LogP contribution is -2.42. The first-order valence-corrected chi connectivity index (χ1v) is 9.10. The molecule has 1 aliphatic heterocycles. The fraction of sp³-hybridized carbons (Fsp3) is 0.529. The van der Waals surface area contributed by atoms with Crippen molar-refractivity contribution in [3.05, 3.63) is 29.5 Å². The number of thiophene rings is 1. The summed E-state index contributed by atoms with van der Waals surface area (Å²) >= 11 is 1.64. The summed E-state index contributed by atoms with van der Waals surface area (Å²) in [4.78, 5) is 12.4. The first-order valence-electron chi connectivity index (χ1n) is 8.22. The summed E-state index contributed by atoms with van der Waals surface area (Å²) in [6.07, 6.45) is 7.19. The summed E-state index contributed by atoms with van der Waals surface area (Å²) in [5.74, 6) is 1.68. The zero-order chi connectivity index (χ0) is 15.7. The number of likely N-dealkylation sites (tertiary alicyclic amines) is 1. The quantitative estimate of drug-likeness (QED) is 0.692. The highest BCUT2D eigenvalue weighted by Gasteiger charge is 2.43. The van der Waals surface area contributed by atoms with Crippen LogP contribution in [0.3, 0.4) is 0 Å². The highest BCUT2D eigenvalue weighted by atomic mass is 32.1. The molecule has 5 nitrogen and oxygen atoms in total. The Morgan fingerprint density at radius 3 is 3.04 bits per heavy atom. The number of nitrogens with one attached hydrogen (secondary N) is 1. The van der Waals surface area contributed by atoms with Gasteiger partial charge in [0, 0.05) is 20.1 Å². The molecule has 0 aromatic carbocycles. The number of rotatable bonds is 3. The predicted octanol–water partition coefficient (Wildman–Crippen LogP) is 3.35. The molecule has 0 amide bonds. The molecule has 1 aliphatic carbocycles. The van der Waals surface area contributed by atoms with E-state index in [0.717, 1.165) is 29.6 Å². The molecule has 2 fully saturated rings. The van der Waals surface area contributed by atoms with Crippen LogP contribution in [0.2, 0.25) is 0 Å². The van der Waals surface area contributed by atoms with Crippen molar-refractivity contribution >= 4 is 17.3 Å². The number of hydrogen-bond acceptors (Lipinski definition) is 4. The number of aliphatic imine (C=N–C) groups is 1. The molecule has 1 saturated carbocycles. The number of oxazole rings is 1. The average molecular weight is 330 g/mol. The van der Waals surface area contributed by atoms with Gasteiger partial charge in [0.15, 0.2) is 5.96 Å². The summed E-state index contributed by atoms with van der Waals surface area (Å²) < 4.78 is 5.57. The zero-order valence-electron chi connectivity index (χ0n) is 13.4. The molecule has 2 aromatic rings. The second kappa shape index (κ2) is 6.00. The van der Waals surface area contributed by atoms with Gasteiger partial charge in [0.25, 0.3) is 0 Å². The van der Waals surface area contributed by atoms with Crippen LogP contribution >= 0.6 is 11.3 Å². The highest BCUT2D eigenvalue weighted by molar-refractivity contribution is 7.13. The van der Waals surface area contributed by atoms with Crippen molar-refractivity contribution in [3.8, 4) is 10.8 Å². The summed E-state index contributed by atoms with van der Waals surface area (Å²) in [7, 11) is 1.86. The second-order valence-electron chi connectivity index (χ2n) is 6.55. The van der Waals surface area contributed by atoms with Crippen LogP contribution in [0.25, 0.3) is 10.8 Å². The normalized spacial score (nSPS) is 20.0. The average Bonchev–Trinajstić information content (AvgIpc) is 3.27. The fourth-order valence-electron chi connectivity index (χ4n) is 3.60. The van der Waals surface area contributed by atoms with E-state index in [1.807, 2.05) is 24.6 Å². The molecule has 3 heterocycles. The van der Waals surface area contributed by atoms with Gasteiger partial charge < -0.3 is 14.6 Å². The molecule has 0 atom stereocenters. The van der Waals surface area contributed by atoms with E-state index in [9.17, 15) is 0 Å². The largest absolute Gasteiger partial charge is 0.443 e. The molecule has 122 valence electrons. The van der Waals surface area contributed by atoms with E-state index in [1.54, 1.807) is 17.6 Å². The van der Waals surface area contributed by atoms with Crippen molar-refractivity contribution in [3.63, 3.8) is 0 Å². The van der Waals surface area contributed by atoms with Crippen molar-refractivity contribution in [1.29, 1.82) is 0 Å². The first kappa shape index (κ1) is 14.8.